The lowest BCUT2D eigenvalue weighted by Gasteiger charge is -2.19. The number of para-hydroxylation sites is 1. The number of carbonyl (C=O) groups is 1. The Morgan fingerprint density at radius 2 is 2.00 bits per heavy atom. The molecule has 0 aromatic heterocycles. The van der Waals surface area contributed by atoms with Crippen molar-refractivity contribution in [1.82, 2.24) is 0 Å². The van der Waals surface area contributed by atoms with Crippen molar-refractivity contribution >= 4 is 17.4 Å². The standard InChI is InChI=1S/C14H19FN2O2/c1-10(9-13(18)19-14(2,3)4)16-17-12-8-6-5-7-11(12)15/h5-8,17H,9H2,1-4H3/b16-10+. The second-order valence-corrected chi connectivity index (χ2v) is 5.20. The van der Waals surface area contributed by atoms with Crippen molar-refractivity contribution < 1.29 is 13.9 Å². The number of carbonyl (C=O) groups excluding carboxylic acids is 1. The molecule has 5 heteroatoms. The minimum Gasteiger partial charge on any atom is -0.460 e. The van der Waals surface area contributed by atoms with Gasteiger partial charge >= 0.3 is 5.97 Å². The second kappa shape index (κ2) is 6.31. The molecule has 0 atom stereocenters. The van der Waals surface area contributed by atoms with Gasteiger partial charge in [0.15, 0.2) is 0 Å². The quantitative estimate of drug-likeness (QED) is 0.516. The fourth-order valence-corrected chi connectivity index (χ4v) is 1.33. The van der Waals surface area contributed by atoms with Gasteiger partial charge in [-0.25, -0.2) is 4.39 Å². The highest BCUT2D eigenvalue weighted by Gasteiger charge is 2.16. The van der Waals surface area contributed by atoms with Gasteiger partial charge in [0.2, 0.25) is 0 Å². The molecule has 1 aromatic rings. The number of anilines is 1. The lowest BCUT2D eigenvalue weighted by Crippen LogP contribution is -2.25. The molecule has 104 valence electrons. The zero-order chi connectivity index (χ0) is 14.5. The van der Waals surface area contributed by atoms with Crippen LogP contribution in [-0.2, 0) is 9.53 Å². The molecule has 0 spiro atoms. The maximum absolute atomic E-state index is 13.3. The van der Waals surface area contributed by atoms with Crippen molar-refractivity contribution in [2.24, 2.45) is 5.10 Å². The van der Waals surface area contributed by atoms with Crippen LogP contribution in [0.4, 0.5) is 10.1 Å². The third kappa shape index (κ3) is 5.99. The Morgan fingerprint density at radius 3 is 2.58 bits per heavy atom. The number of hydrogen-bond donors (Lipinski definition) is 1. The highest BCUT2D eigenvalue weighted by atomic mass is 19.1. The molecule has 19 heavy (non-hydrogen) atoms. The summed E-state index contributed by atoms with van der Waals surface area (Å²) in [6.07, 6.45) is 0.0682. The Balaban J connectivity index is 2.54. The number of benzene rings is 1. The number of nitrogens with zero attached hydrogens (tertiary/aromatic N) is 1. The van der Waals surface area contributed by atoms with E-state index in [1.807, 2.05) is 0 Å². The third-order valence-corrected chi connectivity index (χ3v) is 2.06. The molecular weight excluding hydrogens is 247 g/mol. The fourth-order valence-electron chi connectivity index (χ4n) is 1.33. The summed E-state index contributed by atoms with van der Waals surface area (Å²) in [6, 6.07) is 6.20. The Hall–Kier alpha value is -1.91. The Morgan fingerprint density at radius 1 is 1.37 bits per heavy atom. The first kappa shape index (κ1) is 15.1. The number of hydrogen-bond acceptors (Lipinski definition) is 4. The molecular formula is C14H19FN2O2. The Bertz CT molecular complexity index is 479. The van der Waals surface area contributed by atoms with E-state index in [1.165, 1.54) is 6.07 Å². The van der Waals surface area contributed by atoms with Crippen LogP contribution in [0.3, 0.4) is 0 Å². The summed E-state index contributed by atoms with van der Waals surface area (Å²) in [5, 5.41) is 3.95. The molecule has 1 aromatic carbocycles. The summed E-state index contributed by atoms with van der Waals surface area (Å²) in [5.74, 6) is -0.750. The van der Waals surface area contributed by atoms with E-state index in [4.69, 9.17) is 4.74 Å². The number of nitrogens with one attached hydrogen (secondary N) is 1. The molecule has 0 radical (unpaired) electrons. The van der Waals surface area contributed by atoms with Crippen molar-refractivity contribution in [3.05, 3.63) is 30.1 Å². The summed E-state index contributed by atoms with van der Waals surface area (Å²) >= 11 is 0. The van der Waals surface area contributed by atoms with E-state index in [0.717, 1.165) is 0 Å². The van der Waals surface area contributed by atoms with Crippen LogP contribution in [0.5, 0.6) is 0 Å². The Labute approximate surface area is 112 Å². The normalized spacial score (nSPS) is 12.2. The maximum atomic E-state index is 13.3. The number of hydrazone groups is 1. The van der Waals surface area contributed by atoms with E-state index in [9.17, 15) is 9.18 Å². The number of esters is 1. The van der Waals surface area contributed by atoms with Crippen LogP contribution in [0.1, 0.15) is 34.1 Å². The smallest absolute Gasteiger partial charge is 0.312 e. The summed E-state index contributed by atoms with van der Waals surface area (Å²) in [4.78, 5) is 11.5. The van der Waals surface area contributed by atoms with Crippen molar-refractivity contribution in [1.29, 1.82) is 0 Å². The van der Waals surface area contributed by atoms with Crippen LogP contribution in [-0.4, -0.2) is 17.3 Å². The van der Waals surface area contributed by atoms with Gasteiger partial charge in [0.25, 0.3) is 0 Å². The van der Waals surface area contributed by atoms with E-state index < -0.39 is 11.4 Å². The SMILES string of the molecule is C/C(CC(=O)OC(C)(C)C)=N\Nc1ccccc1F. The van der Waals surface area contributed by atoms with Crippen LogP contribution in [0, 0.1) is 5.82 Å². The zero-order valence-corrected chi connectivity index (χ0v) is 11.7. The first-order chi connectivity index (χ1) is 8.78. The third-order valence-electron chi connectivity index (χ3n) is 2.06. The molecule has 0 saturated carbocycles. The molecule has 0 heterocycles. The highest BCUT2D eigenvalue weighted by Crippen LogP contribution is 2.12. The summed E-state index contributed by atoms with van der Waals surface area (Å²) in [5.41, 5.74) is 2.86. The van der Waals surface area contributed by atoms with Gasteiger partial charge in [-0.15, -0.1) is 0 Å². The Kier molecular flexibility index (Phi) is 5.03. The molecule has 0 saturated heterocycles. The van der Waals surface area contributed by atoms with Crippen LogP contribution < -0.4 is 5.43 Å². The molecule has 0 aliphatic carbocycles. The second-order valence-electron chi connectivity index (χ2n) is 5.20. The van der Waals surface area contributed by atoms with E-state index in [1.54, 1.807) is 45.9 Å². The van der Waals surface area contributed by atoms with E-state index >= 15 is 0 Å². The lowest BCUT2D eigenvalue weighted by molar-refractivity contribution is -0.153. The van der Waals surface area contributed by atoms with Gasteiger partial charge in [-0.05, 0) is 39.8 Å². The summed E-state index contributed by atoms with van der Waals surface area (Å²) < 4.78 is 18.5. The first-order valence-electron chi connectivity index (χ1n) is 6.03. The van der Waals surface area contributed by atoms with Crippen LogP contribution in [0.15, 0.2) is 29.4 Å². The lowest BCUT2D eigenvalue weighted by atomic mass is 10.2. The number of rotatable bonds is 4. The average Bonchev–Trinajstić information content (AvgIpc) is 2.25. The van der Waals surface area contributed by atoms with Gasteiger partial charge in [0, 0.05) is 5.71 Å². The predicted molar refractivity (Wildman–Crippen MR) is 73.6 cm³/mol. The molecule has 0 amide bonds. The van der Waals surface area contributed by atoms with Crippen molar-refractivity contribution in [3.8, 4) is 0 Å². The van der Waals surface area contributed by atoms with Gasteiger partial charge in [0.1, 0.15) is 11.4 Å². The van der Waals surface area contributed by atoms with Gasteiger partial charge in [-0.2, -0.15) is 5.10 Å². The largest absolute Gasteiger partial charge is 0.460 e. The van der Waals surface area contributed by atoms with Crippen molar-refractivity contribution in [2.45, 2.75) is 39.7 Å². The van der Waals surface area contributed by atoms with E-state index in [-0.39, 0.29) is 18.1 Å². The molecule has 0 bridgehead atoms. The molecule has 0 aliphatic rings. The predicted octanol–water partition coefficient (Wildman–Crippen LogP) is 3.35. The molecule has 0 fully saturated rings. The van der Waals surface area contributed by atoms with E-state index in [2.05, 4.69) is 10.5 Å². The molecule has 0 unspecified atom stereocenters. The van der Waals surface area contributed by atoms with Crippen LogP contribution in [0.2, 0.25) is 0 Å². The monoisotopic (exact) mass is 266 g/mol. The van der Waals surface area contributed by atoms with Gasteiger partial charge in [-0.3, -0.25) is 10.2 Å². The van der Waals surface area contributed by atoms with Crippen molar-refractivity contribution in [2.75, 3.05) is 5.43 Å². The first-order valence-corrected chi connectivity index (χ1v) is 6.03. The molecule has 4 nitrogen and oxygen atoms in total. The van der Waals surface area contributed by atoms with Crippen LogP contribution >= 0.6 is 0 Å². The zero-order valence-electron chi connectivity index (χ0n) is 11.7. The summed E-state index contributed by atoms with van der Waals surface area (Å²) in [7, 11) is 0. The number of halogens is 1. The average molecular weight is 266 g/mol. The van der Waals surface area contributed by atoms with E-state index in [0.29, 0.717) is 5.71 Å². The minimum absolute atomic E-state index is 0.0682. The maximum Gasteiger partial charge on any atom is 0.312 e. The molecule has 1 N–H and O–H groups in total. The van der Waals surface area contributed by atoms with Crippen molar-refractivity contribution in [3.63, 3.8) is 0 Å². The minimum atomic E-state index is -0.518. The highest BCUT2D eigenvalue weighted by molar-refractivity contribution is 5.97. The molecule has 1 rings (SSSR count). The molecule has 0 aliphatic heterocycles. The van der Waals surface area contributed by atoms with Gasteiger partial charge in [0.05, 0.1) is 12.1 Å². The van der Waals surface area contributed by atoms with Crippen LogP contribution in [0.25, 0.3) is 0 Å². The fraction of sp³-hybridized carbons (Fsp3) is 0.429. The van der Waals surface area contributed by atoms with Gasteiger partial charge in [-0.1, -0.05) is 12.1 Å². The van der Waals surface area contributed by atoms with Gasteiger partial charge < -0.3 is 4.74 Å². The topological polar surface area (TPSA) is 50.7 Å². The number of ether oxygens (including phenoxy) is 1. The summed E-state index contributed by atoms with van der Waals surface area (Å²) in [6.45, 7) is 7.08.